The maximum Gasteiger partial charge on any atom is 0.379 e. The molecule has 0 fully saturated rings. The molecule has 17 heavy (non-hydrogen) atoms. The Morgan fingerprint density at radius 2 is 2.24 bits per heavy atom. The monoisotopic (exact) mass is 307 g/mol. The first-order valence-electron chi connectivity index (χ1n) is 4.95. The van der Waals surface area contributed by atoms with Crippen LogP contribution in [0.4, 0.5) is 8.78 Å². The lowest BCUT2D eigenvalue weighted by atomic mass is 10.0. The molecule has 1 rings (SSSR count). The highest BCUT2D eigenvalue weighted by Gasteiger charge is 2.47. The Balaban J connectivity index is 2.95. The fourth-order valence-electron chi connectivity index (χ4n) is 1.26. The van der Waals surface area contributed by atoms with Crippen molar-refractivity contribution in [2.45, 2.75) is 18.9 Å². The number of hydrogen-bond acceptors (Lipinski definition) is 3. The first-order chi connectivity index (χ1) is 7.89. The maximum absolute atomic E-state index is 13.6. The molecule has 3 nitrogen and oxygen atoms in total. The van der Waals surface area contributed by atoms with Crippen molar-refractivity contribution in [3.05, 3.63) is 34.3 Å². The number of ether oxygens (including phenoxy) is 1. The molecule has 0 radical (unpaired) electrons. The first kappa shape index (κ1) is 14.1. The minimum atomic E-state index is -3.74. The van der Waals surface area contributed by atoms with Crippen LogP contribution in [0.3, 0.4) is 0 Å². The van der Waals surface area contributed by atoms with Gasteiger partial charge in [-0.15, -0.1) is 0 Å². The third kappa shape index (κ3) is 3.23. The maximum atomic E-state index is 13.6. The molecule has 1 aromatic carbocycles. The highest BCUT2D eigenvalue weighted by atomic mass is 79.9. The fraction of sp³-hybridized carbons (Fsp3) is 0.364. The van der Waals surface area contributed by atoms with Crippen LogP contribution in [0.2, 0.25) is 0 Å². The number of nitrogens with two attached hydrogens (primary N) is 1. The number of benzene rings is 1. The van der Waals surface area contributed by atoms with Crippen molar-refractivity contribution >= 4 is 21.9 Å². The fourth-order valence-corrected chi connectivity index (χ4v) is 1.68. The molecule has 0 bridgehead atoms. The molecule has 6 heteroatoms. The molecule has 94 valence electrons. The molecule has 1 aromatic rings. The highest BCUT2D eigenvalue weighted by molar-refractivity contribution is 9.10. The molecular weight excluding hydrogens is 296 g/mol. The van der Waals surface area contributed by atoms with E-state index in [1.807, 2.05) is 0 Å². The van der Waals surface area contributed by atoms with Crippen LogP contribution in [0.25, 0.3) is 0 Å². The van der Waals surface area contributed by atoms with Gasteiger partial charge in [0.05, 0.1) is 6.61 Å². The number of halogens is 3. The van der Waals surface area contributed by atoms with Gasteiger partial charge in [-0.25, -0.2) is 4.79 Å². The van der Waals surface area contributed by atoms with Crippen molar-refractivity contribution in [1.82, 2.24) is 0 Å². The number of esters is 1. The van der Waals surface area contributed by atoms with Crippen LogP contribution >= 0.6 is 15.9 Å². The average Bonchev–Trinajstić information content (AvgIpc) is 2.28. The summed E-state index contributed by atoms with van der Waals surface area (Å²) in [4.78, 5) is 11.1. The first-order valence-corrected chi connectivity index (χ1v) is 5.75. The summed E-state index contributed by atoms with van der Waals surface area (Å²) in [6.45, 7) is 1.35. The summed E-state index contributed by atoms with van der Waals surface area (Å²) in [5, 5.41) is 0. The van der Waals surface area contributed by atoms with Crippen molar-refractivity contribution in [3.8, 4) is 0 Å². The van der Waals surface area contributed by atoms with E-state index < -0.39 is 17.9 Å². The van der Waals surface area contributed by atoms with E-state index in [2.05, 4.69) is 20.7 Å². The quantitative estimate of drug-likeness (QED) is 0.870. The molecular formula is C11H12BrF2NO2. The van der Waals surface area contributed by atoms with Crippen molar-refractivity contribution in [1.29, 1.82) is 0 Å². The van der Waals surface area contributed by atoms with Gasteiger partial charge in [0.15, 0.2) is 0 Å². The molecule has 0 saturated carbocycles. The van der Waals surface area contributed by atoms with Crippen LogP contribution in [0.15, 0.2) is 28.7 Å². The van der Waals surface area contributed by atoms with Crippen LogP contribution in [0.1, 0.15) is 18.5 Å². The zero-order chi connectivity index (χ0) is 13.1. The number of carbonyl (C=O) groups is 1. The molecule has 0 aliphatic rings. The Bertz CT molecular complexity index is 412. The lowest BCUT2D eigenvalue weighted by Gasteiger charge is -2.21. The third-order valence-corrected chi connectivity index (χ3v) is 2.64. The summed E-state index contributed by atoms with van der Waals surface area (Å²) in [6.07, 6.45) is 0. The smallest absolute Gasteiger partial charge is 0.379 e. The second-order valence-electron chi connectivity index (χ2n) is 3.38. The molecule has 0 spiro atoms. The summed E-state index contributed by atoms with van der Waals surface area (Å²) in [5.41, 5.74) is 5.57. The zero-order valence-electron chi connectivity index (χ0n) is 9.12. The van der Waals surface area contributed by atoms with E-state index in [4.69, 9.17) is 5.73 Å². The van der Waals surface area contributed by atoms with E-state index in [-0.39, 0.29) is 12.2 Å². The lowest BCUT2D eigenvalue weighted by molar-refractivity contribution is -0.174. The molecule has 0 aromatic heterocycles. The van der Waals surface area contributed by atoms with Gasteiger partial charge in [0.25, 0.3) is 0 Å². The Hall–Kier alpha value is -1.01. The lowest BCUT2D eigenvalue weighted by Crippen LogP contribution is -2.41. The van der Waals surface area contributed by atoms with E-state index in [0.29, 0.717) is 4.47 Å². The van der Waals surface area contributed by atoms with Gasteiger partial charge in [-0.1, -0.05) is 28.1 Å². The standard InChI is InChI=1S/C11H12BrF2NO2/c1-2-17-10(16)11(13,14)9(15)7-4-3-5-8(12)6-7/h3-6,9H,2,15H2,1H3/t9-/m1/s1. The SMILES string of the molecule is CCOC(=O)C(F)(F)[C@H](N)c1cccc(Br)c1. The van der Waals surface area contributed by atoms with Crippen LogP contribution < -0.4 is 5.73 Å². The van der Waals surface area contributed by atoms with E-state index in [9.17, 15) is 13.6 Å². The second-order valence-corrected chi connectivity index (χ2v) is 4.29. The largest absolute Gasteiger partial charge is 0.462 e. The van der Waals surface area contributed by atoms with Crippen LogP contribution in [-0.2, 0) is 9.53 Å². The van der Waals surface area contributed by atoms with Gasteiger partial charge in [0, 0.05) is 4.47 Å². The highest BCUT2D eigenvalue weighted by Crippen LogP contribution is 2.31. The molecule has 0 heterocycles. The number of hydrogen-bond donors (Lipinski definition) is 1. The summed E-state index contributed by atoms with van der Waals surface area (Å²) < 4.78 is 32.1. The molecule has 0 unspecified atom stereocenters. The van der Waals surface area contributed by atoms with E-state index in [0.717, 1.165) is 0 Å². The van der Waals surface area contributed by atoms with Gasteiger partial charge >= 0.3 is 11.9 Å². The number of rotatable bonds is 4. The van der Waals surface area contributed by atoms with Gasteiger partial charge in [-0.3, -0.25) is 0 Å². The molecule has 0 amide bonds. The normalized spacial score (nSPS) is 13.2. The topological polar surface area (TPSA) is 52.3 Å². The van der Waals surface area contributed by atoms with Gasteiger partial charge in [-0.05, 0) is 24.6 Å². The molecule has 2 N–H and O–H groups in total. The second kappa shape index (κ2) is 5.55. The zero-order valence-corrected chi connectivity index (χ0v) is 10.7. The van der Waals surface area contributed by atoms with E-state index >= 15 is 0 Å². The van der Waals surface area contributed by atoms with Gasteiger partial charge in [0.2, 0.25) is 0 Å². The Morgan fingerprint density at radius 3 is 2.76 bits per heavy atom. The van der Waals surface area contributed by atoms with Crippen molar-refractivity contribution in [2.75, 3.05) is 6.61 Å². The predicted octanol–water partition coefficient (Wildman–Crippen LogP) is 2.65. The van der Waals surface area contributed by atoms with Crippen molar-refractivity contribution in [3.63, 3.8) is 0 Å². The third-order valence-electron chi connectivity index (χ3n) is 2.15. The predicted molar refractivity (Wildman–Crippen MR) is 62.7 cm³/mol. The summed E-state index contributed by atoms with van der Waals surface area (Å²) in [6, 6.07) is 4.40. The molecule has 0 saturated heterocycles. The van der Waals surface area contributed by atoms with Crippen molar-refractivity contribution in [2.24, 2.45) is 5.73 Å². The number of alkyl halides is 2. The Labute approximate surface area is 106 Å². The summed E-state index contributed by atoms with van der Waals surface area (Å²) in [7, 11) is 0. The van der Waals surface area contributed by atoms with Crippen LogP contribution in [0, 0.1) is 0 Å². The Morgan fingerprint density at radius 1 is 1.59 bits per heavy atom. The summed E-state index contributed by atoms with van der Waals surface area (Å²) in [5.74, 6) is -5.34. The average molecular weight is 308 g/mol. The molecule has 1 atom stereocenters. The summed E-state index contributed by atoms with van der Waals surface area (Å²) >= 11 is 3.15. The van der Waals surface area contributed by atoms with E-state index in [1.165, 1.54) is 19.1 Å². The molecule has 0 aliphatic heterocycles. The van der Waals surface area contributed by atoms with Crippen LogP contribution in [0.5, 0.6) is 0 Å². The van der Waals surface area contributed by atoms with E-state index in [1.54, 1.807) is 12.1 Å². The number of carbonyl (C=O) groups excluding carboxylic acids is 1. The molecule has 0 aliphatic carbocycles. The van der Waals surface area contributed by atoms with Gasteiger partial charge in [-0.2, -0.15) is 8.78 Å². The van der Waals surface area contributed by atoms with Crippen molar-refractivity contribution < 1.29 is 18.3 Å². The minimum Gasteiger partial charge on any atom is -0.462 e. The Kier molecular flexibility index (Phi) is 4.59. The van der Waals surface area contributed by atoms with Crippen LogP contribution in [-0.4, -0.2) is 18.5 Å². The minimum absolute atomic E-state index is 0.111. The van der Waals surface area contributed by atoms with Gasteiger partial charge in [0.1, 0.15) is 6.04 Å². The van der Waals surface area contributed by atoms with Gasteiger partial charge < -0.3 is 10.5 Å².